The van der Waals surface area contributed by atoms with E-state index in [4.69, 9.17) is 5.73 Å². The van der Waals surface area contributed by atoms with Crippen LogP contribution in [-0.4, -0.2) is 54.5 Å². The van der Waals surface area contributed by atoms with E-state index < -0.39 is 0 Å². The number of rotatable bonds is 8. The second-order valence-electron chi connectivity index (χ2n) is 5.16. The van der Waals surface area contributed by atoms with Gasteiger partial charge in [-0.25, -0.2) is 0 Å². The predicted octanol–water partition coefficient (Wildman–Crippen LogP) is 1.45. The molecule has 1 aliphatic heterocycles. The van der Waals surface area contributed by atoms with Crippen LogP contribution in [0.25, 0.3) is 0 Å². The van der Waals surface area contributed by atoms with E-state index in [2.05, 4.69) is 18.7 Å². The molecule has 0 aliphatic carbocycles. The van der Waals surface area contributed by atoms with Gasteiger partial charge in [-0.2, -0.15) is 0 Å². The molecule has 106 valence electrons. The average Bonchev–Trinajstić information content (AvgIpc) is 2.91. The highest BCUT2D eigenvalue weighted by Gasteiger charge is 2.23. The summed E-state index contributed by atoms with van der Waals surface area (Å²) in [7, 11) is 0. The number of carbonyl (C=O) groups is 1. The topological polar surface area (TPSA) is 49.6 Å². The molecular formula is C14H29N3O. The molecule has 4 nitrogen and oxygen atoms in total. The van der Waals surface area contributed by atoms with E-state index in [9.17, 15) is 4.79 Å². The maximum absolute atomic E-state index is 12.2. The fourth-order valence-electron chi connectivity index (χ4n) is 2.62. The third-order valence-electron chi connectivity index (χ3n) is 3.86. The van der Waals surface area contributed by atoms with Crippen molar-refractivity contribution in [3.8, 4) is 0 Å². The SMILES string of the molecule is CCCCN(CC)C(CN)CC(=O)N1CCCC1. The molecule has 1 atom stereocenters. The van der Waals surface area contributed by atoms with Crippen LogP contribution in [0.5, 0.6) is 0 Å². The molecule has 2 N–H and O–H groups in total. The van der Waals surface area contributed by atoms with Crippen molar-refractivity contribution < 1.29 is 4.79 Å². The zero-order chi connectivity index (χ0) is 13.4. The quantitative estimate of drug-likeness (QED) is 0.714. The first-order valence-electron chi connectivity index (χ1n) is 7.44. The standard InChI is InChI=1S/C14H29N3O/c1-3-5-8-16(4-2)13(12-15)11-14(18)17-9-6-7-10-17/h13H,3-12,15H2,1-2H3. The van der Waals surface area contributed by atoms with Gasteiger partial charge in [0.15, 0.2) is 0 Å². The van der Waals surface area contributed by atoms with Crippen molar-refractivity contribution in [3.05, 3.63) is 0 Å². The molecule has 0 aromatic heterocycles. The molecule has 1 unspecified atom stereocenters. The summed E-state index contributed by atoms with van der Waals surface area (Å²) in [6.45, 7) is 8.85. The van der Waals surface area contributed by atoms with Gasteiger partial charge in [-0.3, -0.25) is 9.69 Å². The van der Waals surface area contributed by atoms with Gasteiger partial charge in [-0.05, 0) is 32.4 Å². The number of hydrogen-bond donors (Lipinski definition) is 1. The van der Waals surface area contributed by atoms with Crippen LogP contribution in [-0.2, 0) is 4.79 Å². The summed E-state index contributed by atoms with van der Waals surface area (Å²) in [5, 5.41) is 0. The van der Waals surface area contributed by atoms with Gasteiger partial charge in [0.1, 0.15) is 0 Å². The number of nitrogens with zero attached hydrogens (tertiary/aromatic N) is 2. The van der Waals surface area contributed by atoms with Crippen molar-refractivity contribution in [1.82, 2.24) is 9.80 Å². The van der Waals surface area contributed by atoms with Gasteiger partial charge in [0, 0.05) is 32.1 Å². The maximum Gasteiger partial charge on any atom is 0.224 e. The van der Waals surface area contributed by atoms with Crippen LogP contribution in [0.15, 0.2) is 0 Å². The number of unbranched alkanes of at least 4 members (excludes halogenated alkanes) is 1. The Morgan fingerprint density at radius 3 is 2.50 bits per heavy atom. The molecule has 1 rings (SSSR count). The molecule has 0 radical (unpaired) electrons. The Balaban J connectivity index is 2.44. The largest absolute Gasteiger partial charge is 0.343 e. The molecule has 0 bridgehead atoms. The van der Waals surface area contributed by atoms with E-state index >= 15 is 0 Å². The van der Waals surface area contributed by atoms with Crippen LogP contribution in [0, 0.1) is 0 Å². The molecule has 0 aromatic carbocycles. The molecule has 0 spiro atoms. The first-order chi connectivity index (χ1) is 8.72. The number of likely N-dealkylation sites (tertiary alicyclic amines) is 1. The van der Waals surface area contributed by atoms with Crippen LogP contribution in [0.1, 0.15) is 46.0 Å². The van der Waals surface area contributed by atoms with Crippen LogP contribution in [0.3, 0.4) is 0 Å². The summed E-state index contributed by atoms with van der Waals surface area (Å²) in [5.74, 6) is 0.290. The Labute approximate surface area is 111 Å². The van der Waals surface area contributed by atoms with E-state index in [1.165, 1.54) is 12.8 Å². The number of hydrogen-bond acceptors (Lipinski definition) is 3. The molecule has 18 heavy (non-hydrogen) atoms. The first kappa shape index (κ1) is 15.4. The van der Waals surface area contributed by atoms with Crippen molar-refractivity contribution in [2.24, 2.45) is 5.73 Å². The van der Waals surface area contributed by atoms with E-state index in [1.807, 2.05) is 4.90 Å². The second-order valence-corrected chi connectivity index (χ2v) is 5.16. The van der Waals surface area contributed by atoms with Crippen molar-refractivity contribution in [3.63, 3.8) is 0 Å². The minimum Gasteiger partial charge on any atom is -0.343 e. The lowest BCUT2D eigenvalue weighted by Gasteiger charge is -2.30. The molecule has 0 saturated carbocycles. The molecule has 1 aliphatic rings. The Hall–Kier alpha value is -0.610. The smallest absolute Gasteiger partial charge is 0.224 e. The molecule has 1 fully saturated rings. The normalized spacial score (nSPS) is 17.4. The van der Waals surface area contributed by atoms with Gasteiger partial charge in [-0.1, -0.05) is 20.3 Å². The average molecular weight is 255 g/mol. The molecule has 4 heteroatoms. The zero-order valence-electron chi connectivity index (χ0n) is 12.0. The van der Waals surface area contributed by atoms with E-state index in [0.29, 0.717) is 13.0 Å². The molecule has 1 heterocycles. The first-order valence-corrected chi connectivity index (χ1v) is 7.44. The summed E-state index contributed by atoms with van der Waals surface area (Å²) in [6.07, 6.45) is 5.28. The summed E-state index contributed by atoms with van der Waals surface area (Å²) < 4.78 is 0. The fourth-order valence-corrected chi connectivity index (χ4v) is 2.62. The summed E-state index contributed by atoms with van der Waals surface area (Å²) >= 11 is 0. The van der Waals surface area contributed by atoms with Crippen molar-refractivity contribution in [2.75, 3.05) is 32.7 Å². The lowest BCUT2D eigenvalue weighted by Crippen LogP contribution is -2.44. The summed E-state index contributed by atoms with van der Waals surface area (Å²) in [5.41, 5.74) is 5.86. The van der Waals surface area contributed by atoms with Gasteiger partial charge in [0.2, 0.25) is 5.91 Å². The van der Waals surface area contributed by atoms with Crippen LogP contribution in [0.2, 0.25) is 0 Å². The minimum absolute atomic E-state index is 0.217. The van der Waals surface area contributed by atoms with Crippen LogP contribution in [0.4, 0.5) is 0 Å². The number of carbonyl (C=O) groups excluding carboxylic acids is 1. The molecule has 1 amide bonds. The van der Waals surface area contributed by atoms with Crippen molar-refractivity contribution in [2.45, 2.75) is 52.0 Å². The second kappa shape index (κ2) is 8.48. The highest BCUT2D eigenvalue weighted by Crippen LogP contribution is 2.12. The minimum atomic E-state index is 0.217. The van der Waals surface area contributed by atoms with Crippen molar-refractivity contribution in [1.29, 1.82) is 0 Å². The number of nitrogens with two attached hydrogens (primary N) is 1. The third kappa shape index (κ3) is 4.58. The van der Waals surface area contributed by atoms with E-state index in [1.54, 1.807) is 0 Å². The Morgan fingerprint density at radius 2 is 2.00 bits per heavy atom. The molecule has 0 aromatic rings. The monoisotopic (exact) mass is 255 g/mol. The van der Waals surface area contributed by atoms with Gasteiger partial charge >= 0.3 is 0 Å². The van der Waals surface area contributed by atoms with Crippen molar-refractivity contribution >= 4 is 5.91 Å². The highest BCUT2D eigenvalue weighted by atomic mass is 16.2. The Morgan fingerprint density at radius 1 is 1.33 bits per heavy atom. The van der Waals surface area contributed by atoms with Crippen LogP contribution >= 0.6 is 0 Å². The number of likely N-dealkylation sites (N-methyl/N-ethyl adjacent to an activating group) is 1. The highest BCUT2D eigenvalue weighted by molar-refractivity contribution is 5.77. The Kier molecular flexibility index (Phi) is 7.28. The molecular weight excluding hydrogens is 226 g/mol. The Bertz CT molecular complexity index is 239. The lowest BCUT2D eigenvalue weighted by molar-refractivity contribution is -0.131. The third-order valence-corrected chi connectivity index (χ3v) is 3.86. The van der Waals surface area contributed by atoms with Gasteiger partial charge in [0.25, 0.3) is 0 Å². The molecule has 1 saturated heterocycles. The summed E-state index contributed by atoms with van der Waals surface area (Å²) in [6, 6.07) is 0.217. The maximum atomic E-state index is 12.2. The summed E-state index contributed by atoms with van der Waals surface area (Å²) in [4.78, 5) is 16.5. The van der Waals surface area contributed by atoms with Gasteiger partial charge < -0.3 is 10.6 Å². The predicted molar refractivity (Wildman–Crippen MR) is 75.4 cm³/mol. The van der Waals surface area contributed by atoms with Crippen LogP contribution < -0.4 is 5.73 Å². The zero-order valence-corrected chi connectivity index (χ0v) is 12.0. The van der Waals surface area contributed by atoms with Gasteiger partial charge in [0.05, 0.1) is 0 Å². The van der Waals surface area contributed by atoms with E-state index in [-0.39, 0.29) is 11.9 Å². The fraction of sp³-hybridized carbons (Fsp3) is 0.929. The number of amides is 1. The van der Waals surface area contributed by atoms with Gasteiger partial charge in [-0.15, -0.1) is 0 Å². The van der Waals surface area contributed by atoms with E-state index in [0.717, 1.165) is 39.0 Å². The lowest BCUT2D eigenvalue weighted by atomic mass is 10.1.